The van der Waals surface area contributed by atoms with Gasteiger partial charge in [-0.3, -0.25) is 0 Å². The van der Waals surface area contributed by atoms with Crippen LogP contribution in [-0.2, 0) is 0 Å². The van der Waals surface area contributed by atoms with Crippen LogP contribution in [0.1, 0.15) is 44.2 Å². The maximum absolute atomic E-state index is 5.56. The van der Waals surface area contributed by atoms with E-state index in [-0.39, 0.29) is 5.54 Å². The first-order valence-electron chi connectivity index (χ1n) is 7.52. The molecule has 1 aromatic heterocycles. The molecule has 3 N–H and O–H groups in total. The fourth-order valence-electron chi connectivity index (χ4n) is 5.06. The summed E-state index contributed by atoms with van der Waals surface area (Å²) in [6.07, 6.45) is 11.7. The summed E-state index contributed by atoms with van der Waals surface area (Å²) in [4.78, 5) is 9.02. The molecule has 4 fully saturated rings. The second-order valence-electron chi connectivity index (χ2n) is 6.97. The molecule has 1 aromatic rings. The number of aromatic nitrogens is 2. The van der Waals surface area contributed by atoms with E-state index in [1.165, 1.54) is 38.5 Å². The predicted octanol–water partition coefficient (Wildman–Crippen LogP) is 2.49. The summed E-state index contributed by atoms with van der Waals surface area (Å²) < 4.78 is 0. The lowest BCUT2D eigenvalue weighted by Gasteiger charge is -2.57. The molecule has 4 saturated carbocycles. The van der Waals surface area contributed by atoms with E-state index in [2.05, 4.69) is 15.3 Å². The van der Waals surface area contributed by atoms with E-state index in [4.69, 9.17) is 18.0 Å². The zero-order chi connectivity index (χ0) is 13.7. The van der Waals surface area contributed by atoms with E-state index >= 15 is 0 Å². The van der Waals surface area contributed by atoms with Gasteiger partial charge in [0, 0.05) is 5.54 Å². The summed E-state index contributed by atoms with van der Waals surface area (Å²) in [6.45, 7) is 0. The van der Waals surface area contributed by atoms with E-state index in [1.807, 2.05) is 0 Å². The van der Waals surface area contributed by atoms with Crippen LogP contribution in [0.4, 0.5) is 5.82 Å². The predicted molar refractivity (Wildman–Crippen MR) is 82.4 cm³/mol. The minimum Gasteiger partial charge on any atom is -0.388 e. The molecular formula is C15H20N4S. The number of hydrogen-bond acceptors (Lipinski definition) is 4. The largest absolute Gasteiger partial charge is 0.388 e. The molecule has 20 heavy (non-hydrogen) atoms. The number of hydrogen-bond donors (Lipinski definition) is 2. The molecular weight excluding hydrogens is 268 g/mol. The lowest BCUT2D eigenvalue weighted by molar-refractivity contribution is 0.0105. The Kier molecular flexibility index (Phi) is 2.74. The van der Waals surface area contributed by atoms with Crippen molar-refractivity contribution in [2.75, 3.05) is 5.32 Å². The van der Waals surface area contributed by atoms with Gasteiger partial charge in [-0.25, -0.2) is 9.97 Å². The smallest absolute Gasteiger partial charge is 0.144 e. The molecule has 0 aromatic carbocycles. The number of nitrogens with zero attached hydrogens (tertiary/aromatic N) is 2. The van der Waals surface area contributed by atoms with Gasteiger partial charge in [-0.1, -0.05) is 12.2 Å². The van der Waals surface area contributed by atoms with Gasteiger partial charge in [0.25, 0.3) is 0 Å². The normalized spacial score (nSPS) is 37.9. The van der Waals surface area contributed by atoms with Gasteiger partial charge < -0.3 is 11.1 Å². The first kappa shape index (κ1) is 12.5. The Hall–Kier alpha value is -1.23. The van der Waals surface area contributed by atoms with Gasteiger partial charge >= 0.3 is 0 Å². The second kappa shape index (κ2) is 4.38. The van der Waals surface area contributed by atoms with Crippen molar-refractivity contribution < 1.29 is 0 Å². The fourth-order valence-corrected chi connectivity index (χ4v) is 5.16. The molecule has 0 amide bonds. The number of thiocarbonyl (C=S) groups is 1. The maximum atomic E-state index is 5.56. The Morgan fingerprint density at radius 3 is 2.15 bits per heavy atom. The molecule has 0 atom stereocenters. The van der Waals surface area contributed by atoms with Crippen LogP contribution >= 0.6 is 12.2 Å². The molecule has 4 aliphatic carbocycles. The zero-order valence-corrected chi connectivity index (χ0v) is 12.3. The SMILES string of the molecule is NC(=S)c1cnc(NC23CC4CC(CC(C4)C2)C3)cn1. The quantitative estimate of drug-likeness (QED) is 0.837. The summed E-state index contributed by atoms with van der Waals surface area (Å²) in [7, 11) is 0. The number of rotatable bonds is 3. The van der Waals surface area contributed by atoms with E-state index in [9.17, 15) is 0 Å². The summed E-state index contributed by atoms with van der Waals surface area (Å²) in [6, 6.07) is 0. The highest BCUT2D eigenvalue weighted by Crippen LogP contribution is 2.56. The molecule has 106 valence electrons. The van der Waals surface area contributed by atoms with Crippen molar-refractivity contribution in [1.82, 2.24) is 9.97 Å². The summed E-state index contributed by atoms with van der Waals surface area (Å²) in [5, 5.41) is 3.69. The van der Waals surface area contributed by atoms with E-state index in [0.29, 0.717) is 10.7 Å². The van der Waals surface area contributed by atoms with Crippen molar-refractivity contribution in [2.24, 2.45) is 23.5 Å². The molecule has 0 saturated heterocycles. The molecule has 5 heteroatoms. The molecule has 0 aliphatic heterocycles. The second-order valence-corrected chi connectivity index (χ2v) is 7.41. The molecule has 5 rings (SSSR count). The fraction of sp³-hybridized carbons (Fsp3) is 0.667. The lowest BCUT2D eigenvalue weighted by Crippen LogP contribution is -2.54. The molecule has 1 heterocycles. The highest BCUT2D eigenvalue weighted by atomic mass is 32.1. The van der Waals surface area contributed by atoms with Crippen LogP contribution in [0.25, 0.3) is 0 Å². The minimum atomic E-state index is 0.272. The van der Waals surface area contributed by atoms with Crippen molar-refractivity contribution >= 4 is 23.0 Å². The van der Waals surface area contributed by atoms with Crippen LogP contribution in [-0.4, -0.2) is 20.5 Å². The van der Waals surface area contributed by atoms with Crippen LogP contribution in [0, 0.1) is 17.8 Å². The van der Waals surface area contributed by atoms with Crippen molar-refractivity contribution in [3.05, 3.63) is 18.1 Å². The maximum Gasteiger partial charge on any atom is 0.144 e. The van der Waals surface area contributed by atoms with Crippen LogP contribution in [0.5, 0.6) is 0 Å². The summed E-state index contributed by atoms with van der Waals surface area (Å²) >= 11 is 4.91. The van der Waals surface area contributed by atoms with Gasteiger partial charge in [0.2, 0.25) is 0 Å². The molecule has 0 spiro atoms. The zero-order valence-electron chi connectivity index (χ0n) is 11.5. The number of nitrogens with two attached hydrogens (primary N) is 1. The standard InChI is InChI=1S/C15H20N4S/c16-14(20)12-7-18-13(8-17-12)19-15-4-9-1-10(5-15)3-11(2-9)6-15/h7-11H,1-6H2,(H2,16,20)(H,18,19). The highest BCUT2D eigenvalue weighted by molar-refractivity contribution is 7.80. The number of anilines is 1. The lowest BCUT2D eigenvalue weighted by atomic mass is 9.53. The third kappa shape index (κ3) is 2.08. The van der Waals surface area contributed by atoms with Gasteiger partial charge in [-0.2, -0.15) is 0 Å². The first-order valence-corrected chi connectivity index (χ1v) is 7.93. The van der Waals surface area contributed by atoms with Gasteiger partial charge in [-0.05, 0) is 56.3 Å². The van der Waals surface area contributed by atoms with Gasteiger partial charge in [0.05, 0.1) is 12.4 Å². The average molecular weight is 288 g/mol. The Balaban J connectivity index is 1.55. The minimum absolute atomic E-state index is 0.272. The van der Waals surface area contributed by atoms with Gasteiger partial charge in [-0.15, -0.1) is 0 Å². The van der Waals surface area contributed by atoms with Crippen LogP contribution < -0.4 is 11.1 Å². The first-order chi connectivity index (χ1) is 9.62. The van der Waals surface area contributed by atoms with Crippen LogP contribution in [0.15, 0.2) is 12.4 Å². The summed E-state index contributed by atoms with van der Waals surface area (Å²) in [5.74, 6) is 3.65. The third-order valence-corrected chi connectivity index (χ3v) is 5.54. The molecule has 0 radical (unpaired) electrons. The number of nitrogens with one attached hydrogen (secondary N) is 1. The van der Waals surface area contributed by atoms with Crippen molar-refractivity contribution in [2.45, 2.75) is 44.1 Å². The average Bonchev–Trinajstić information content (AvgIpc) is 2.37. The Labute approximate surface area is 124 Å². The molecule has 4 aliphatic rings. The highest BCUT2D eigenvalue weighted by Gasteiger charge is 2.51. The van der Waals surface area contributed by atoms with Crippen molar-refractivity contribution in [1.29, 1.82) is 0 Å². The van der Waals surface area contributed by atoms with Crippen molar-refractivity contribution in [3.8, 4) is 0 Å². The van der Waals surface area contributed by atoms with Gasteiger partial charge in [0.1, 0.15) is 16.5 Å². The Morgan fingerprint density at radius 1 is 1.10 bits per heavy atom. The Bertz CT molecular complexity index is 504. The Morgan fingerprint density at radius 2 is 1.70 bits per heavy atom. The molecule has 4 nitrogen and oxygen atoms in total. The van der Waals surface area contributed by atoms with Crippen molar-refractivity contribution in [3.63, 3.8) is 0 Å². The van der Waals surface area contributed by atoms with Crippen LogP contribution in [0.2, 0.25) is 0 Å². The third-order valence-electron chi connectivity index (χ3n) is 5.34. The summed E-state index contributed by atoms with van der Waals surface area (Å²) in [5.41, 5.74) is 6.43. The van der Waals surface area contributed by atoms with E-state index in [0.717, 1.165) is 23.6 Å². The topological polar surface area (TPSA) is 63.8 Å². The van der Waals surface area contributed by atoms with E-state index in [1.54, 1.807) is 12.4 Å². The van der Waals surface area contributed by atoms with Gasteiger partial charge in [0.15, 0.2) is 0 Å². The molecule has 0 unspecified atom stereocenters. The van der Waals surface area contributed by atoms with E-state index < -0.39 is 0 Å². The monoisotopic (exact) mass is 288 g/mol. The van der Waals surface area contributed by atoms with Crippen LogP contribution in [0.3, 0.4) is 0 Å². The molecule has 4 bridgehead atoms.